The van der Waals surface area contributed by atoms with Crippen molar-refractivity contribution in [1.29, 1.82) is 0 Å². The summed E-state index contributed by atoms with van der Waals surface area (Å²) in [4.78, 5) is 0. The lowest BCUT2D eigenvalue weighted by atomic mass is 9.93. The Morgan fingerprint density at radius 3 is 2.93 bits per heavy atom. The van der Waals surface area contributed by atoms with Crippen molar-refractivity contribution in [3.8, 4) is 0 Å². The quantitative estimate of drug-likeness (QED) is 0.647. The summed E-state index contributed by atoms with van der Waals surface area (Å²) in [7, 11) is 0. The highest BCUT2D eigenvalue weighted by Crippen LogP contribution is 2.36. The Morgan fingerprint density at radius 2 is 2.21 bits per heavy atom. The van der Waals surface area contributed by atoms with Crippen LogP contribution in [0.4, 0.5) is 0 Å². The van der Waals surface area contributed by atoms with E-state index in [2.05, 4.69) is 0 Å². The van der Waals surface area contributed by atoms with Crippen molar-refractivity contribution in [3.05, 3.63) is 0 Å². The van der Waals surface area contributed by atoms with Crippen LogP contribution in [-0.4, -0.2) is 41.4 Å². The van der Waals surface area contributed by atoms with Gasteiger partial charge in [-0.25, -0.2) is 0 Å². The molecular formula is C10H18O4. The predicted molar refractivity (Wildman–Crippen MR) is 49.7 cm³/mol. The standard InChI is InChI=1S/C10H18O4/c11-7-9-2-1-4-10(14-9)6-8(12)3-5-13-10/h8-9,11-12H,1-7H2/t8-,9-,10+/m1/s1. The maximum atomic E-state index is 9.56. The molecule has 2 fully saturated rings. The van der Waals surface area contributed by atoms with Crippen LogP contribution in [0.5, 0.6) is 0 Å². The normalized spacial score (nSPS) is 44.1. The third kappa shape index (κ3) is 2.08. The van der Waals surface area contributed by atoms with Gasteiger partial charge in [0.15, 0.2) is 5.79 Å². The van der Waals surface area contributed by atoms with Gasteiger partial charge in [0.2, 0.25) is 0 Å². The molecule has 0 bridgehead atoms. The zero-order chi connectivity index (χ0) is 10.0. The van der Waals surface area contributed by atoms with Gasteiger partial charge in [-0.3, -0.25) is 0 Å². The van der Waals surface area contributed by atoms with Gasteiger partial charge >= 0.3 is 0 Å². The van der Waals surface area contributed by atoms with Crippen molar-refractivity contribution in [3.63, 3.8) is 0 Å². The molecule has 2 aliphatic heterocycles. The Hall–Kier alpha value is -0.160. The van der Waals surface area contributed by atoms with E-state index in [1.54, 1.807) is 0 Å². The molecule has 1 spiro atoms. The van der Waals surface area contributed by atoms with E-state index in [0.29, 0.717) is 19.4 Å². The fraction of sp³-hybridized carbons (Fsp3) is 1.00. The summed E-state index contributed by atoms with van der Waals surface area (Å²) in [6.07, 6.45) is 3.52. The summed E-state index contributed by atoms with van der Waals surface area (Å²) in [5.41, 5.74) is 0. The van der Waals surface area contributed by atoms with Gasteiger partial charge in [-0.15, -0.1) is 0 Å². The third-order valence-corrected chi connectivity index (χ3v) is 3.03. The smallest absolute Gasteiger partial charge is 0.171 e. The Bertz CT molecular complexity index is 193. The average Bonchev–Trinajstić information content (AvgIpc) is 2.17. The highest BCUT2D eigenvalue weighted by atomic mass is 16.7. The second kappa shape index (κ2) is 4.14. The van der Waals surface area contributed by atoms with Gasteiger partial charge < -0.3 is 19.7 Å². The first-order chi connectivity index (χ1) is 6.74. The zero-order valence-corrected chi connectivity index (χ0v) is 8.32. The van der Waals surface area contributed by atoms with Crippen LogP contribution in [0.15, 0.2) is 0 Å². The highest BCUT2D eigenvalue weighted by molar-refractivity contribution is 4.84. The molecular weight excluding hydrogens is 184 g/mol. The van der Waals surface area contributed by atoms with Crippen LogP contribution in [0.25, 0.3) is 0 Å². The fourth-order valence-electron chi connectivity index (χ4n) is 2.31. The molecule has 0 aromatic carbocycles. The van der Waals surface area contributed by atoms with Crippen LogP contribution in [0, 0.1) is 0 Å². The Kier molecular flexibility index (Phi) is 3.07. The number of hydrogen-bond donors (Lipinski definition) is 2. The van der Waals surface area contributed by atoms with Gasteiger partial charge in [0.1, 0.15) is 0 Å². The van der Waals surface area contributed by atoms with Crippen LogP contribution in [0.2, 0.25) is 0 Å². The van der Waals surface area contributed by atoms with Crippen LogP contribution in [0.1, 0.15) is 32.1 Å². The topological polar surface area (TPSA) is 58.9 Å². The first-order valence-electron chi connectivity index (χ1n) is 5.35. The monoisotopic (exact) mass is 202 g/mol. The van der Waals surface area contributed by atoms with Gasteiger partial charge in [0.25, 0.3) is 0 Å². The van der Waals surface area contributed by atoms with Gasteiger partial charge in [-0.2, -0.15) is 0 Å². The SMILES string of the molecule is OC[C@H]1CCC[C@@]2(C[C@H](O)CCO2)O1. The van der Waals surface area contributed by atoms with Gasteiger partial charge in [-0.1, -0.05) is 0 Å². The largest absolute Gasteiger partial charge is 0.394 e. The molecule has 0 aromatic heterocycles. The molecule has 0 aliphatic carbocycles. The minimum absolute atomic E-state index is 0.0429. The van der Waals surface area contributed by atoms with Crippen molar-refractivity contribution < 1.29 is 19.7 Å². The molecule has 4 heteroatoms. The molecule has 3 atom stereocenters. The maximum absolute atomic E-state index is 9.56. The fourth-order valence-corrected chi connectivity index (χ4v) is 2.31. The van der Waals surface area contributed by atoms with Crippen molar-refractivity contribution in [1.82, 2.24) is 0 Å². The summed E-state index contributed by atoms with van der Waals surface area (Å²) in [5, 5.41) is 18.6. The van der Waals surface area contributed by atoms with Crippen molar-refractivity contribution in [2.24, 2.45) is 0 Å². The summed E-state index contributed by atoms with van der Waals surface area (Å²) in [5.74, 6) is -0.608. The van der Waals surface area contributed by atoms with E-state index in [0.717, 1.165) is 19.3 Å². The molecule has 0 saturated carbocycles. The van der Waals surface area contributed by atoms with Crippen molar-refractivity contribution in [2.75, 3.05) is 13.2 Å². The Morgan fingerprint density at radius 1 is 1.36 bits per heavy atom. The number of ether oxygens (including phenoxy) is 2. The number of aliphatic hydroxyl groups is 2. The van der Waals surface area contributed by atoms with Crippen LogP contribution < -0.4 is 0 Å². The first-order valence-corrected chi connectivity index (χ1v) is 5.35. The van der Waals surface area contributed by atoms with E-state index < -0.39 is 5.79 Å². The lowest BCUT2D eigenvalue weighted by molar-refractivity contribution is -0.310. The molecule has 0 aromatic rings. The molecule has 2 rings (SSSR count). The summed E-state index contributed by atoms with van der Waals surface area (Å²) >= 11 is 0. The van der Waals surface area contributed by atoms with Crippen molar-refractivity contribution in [2.45, 2.75) is 50.1 Å². The molecule has 2 aliphatic rings. The molecule has 14 heavy (non-hydrogen) atoms. The molecule has 2 heterocycles. The van der Waals surface area contributed by atoms with E-state index in [1.807, 2.05) is 0 Å². The Balaban J connectivity index is 1.99. The molecule has 4 nitrogen and oxygen atoms in total. The zero-order valence-electron chi connectivity index (χ0n) is 8.32. The number of aliphatic hydroxyl groups excluding tert-OH is 2. The Labute approximate surface area is 83.8 Å². The molecule has 0 radical (unpaired) electrons. The second-order valence-electron chi connectivity index (χ2n) is 4.22. The molecule has 0 unspecified atom stereocenters. The minimum Gasteiger partial charge on any atom is -0.394 e. The highest BCUT2D eigenvalue weighted by Gasteiger charge is 2.42. The number of rotatable bonds is 1. The van der Waals surface area contributed by atoms with Gasteiger partial charge in [0, 0.05) is 12.8 Å². The van der Waals surface area contributed by atoms with E-state index in [1.165, 1.54) is 0 Å². The van der Waals surface area contributed by atoms with Gasteiger partial charge in [-0.05, 0) is 19.3 Å². The summed E-state index contributed by atoms with van der Waals surface area (Å²) in [6.45, 7) is 0.598. The lowest BCUT2D eigenvalue weighted by Gasteiger charge is -2.44. The minimum atomic E-state index is -0.608. The summed E-state index contributed by atoms with van der Waals surface area (Å²) in [6, 6.07) is 0. The second-order valence-corrected chi connectivity index (χ2v) is 4.22. The van der Waals surface area contributed by atoms with E-state index in [-0.39, 0.29) is 18.8 Å². The van der Waals surface area contributed by atoms with E-state index in [9.17, 15) is 5.11 Å². The average molecular weight is 202 g/mol. The predicted octanol–water partition coefficient (Wildman–Crippen LogP) is 0.415. The third-order valence-electron chi connectivity index (χ3n) is 3.03. The molecule has 2 saturated heterocycles. The molecule has 0 amide bonds. The first kappa shape index (κ1) is 10.4. The lowest BCUT2D eigenvalue weighted by Crippen LogP contribution is -2.49. The molecule has 2 N–H and O–H groups in total. The summed E-state index contributed by atoms with van der Waals surface area (Å²) < 4.78 is 11.3. The van der Waals surface area contributed by atoms with Crippen LogP contribution >= 0.6 is 0 Å². The molecule has 82 valence electrons. The van der Waals surface area contributed by atoms with E-state index in [4.69, 9.17) is 14.6 Å². The maximum Gasteiger partial charge on any atom is 0.171 e. The number of hydrogen-bond acceptors (Lipinski definition) is 4. The van der Waals surface area contributed by atoms with Crippen LogP contribution in [-0.2, 0) is 9.47 Å². The van der Waals surface area contributed by atoms with E-state index >= 15 is 0 Å². The van der Waals surface area contributed by atoms with Crippen molar-refractivity contribution >= 4 is 0 Å². The van der Waals surface area contributed by atoms with Crippen LogP contribution in [0.3, 0.4) is 0 Å². The van der Waals surface area contributed by atoms with Gasteiger partial charge in [0.05, 0.1) is 25.4 Å².